The van der Waals surface area contributed by atoms with Gasteiger partial charge < -0.3 is 0 Å². The third-order valence-electron chi connectivity index (χ3n) is 18.9. The predicted octanol–water partition coefficient (Wildman–Crippen LogP) is 43.1. The quantitative estimate of drug-likeness (QED) is 0.154. The van der Waals surface area contributed by atoms with E-state index in [9.17, 15) is 0 Å². The van der Waals surface area contributed by atoms with Crippen molar-refractivity contribution in [1.82, 2.24) is 0 Å². The van der Waals surface area contributed by atoms with Gasteiger partial charge in [-0.3, -0.25) is 0 Å². The molecule has 0 saturated carbocycles. The molecule has 8 radical (unpaired) electrons. The van der Waals surface area contributed by atoms with Gasteiger partial charge in [-0.25, -0.2) is 44.5 Å². The zero-order chi connectivity index (χ0) is 104. The summed E-state index contributed by atoms with van der Waals surface area (Å²) in [6.45, 7) is 76.8. The summed E-state index contributed by atoms with van der Waals surface area (Å²) in [6.07, 6.45) is 0. The van der Waals surface area contributed by atoms with E-state index in [1.165, 1.54) is 105 Å². The summed E-state index contributed by atoms with van der Waals surface area (Å²) in [4.78, 5) is 0. The van der Waals surface area contributed by atoms with Crippen LogP contribution in [-0.2, 0) is 267 Å². The normalized spacial score (nSPS) is 8.79. The standard InChI is InChI=1S/C26H18.4C13H10.2C11H10.C7H8.15C2H6.8Y/c1-17-14-15-21-20-10-4-7-13-24(20)26(25(21)16-17)22-11-5-2-8-18(22)19-9-3-6-12-23(19)26;1-11-7-5-6-10-13(11)12-8-3-2-4-9-12;2*1-11-6-5-9-13(10-11)12-7-3-2-4-8-12;1-11-7-9-13(10-8-11)12-5-3-2-4-6-12;1-9-5-4-7-10-6-2-3-8-11(9)10;1-9-6-7-10-4-2-3-5-11(10)8-9;1-7-5-3-2-4-6-7;15*1-2;;;;;;;;/h2-16H,1H3;2-8H,1H3;2-7,10H,1H3;2-7,9H,1H3;2-5,7-9H,1H3;2*2-8H,1H3;2-6H,1H3;15*1-2H3;;;;;;;;/q;4*-2;;;;;;;;;;;;;;;;;;;;;;;;;;. The summed E-state index contributed by atoms with van der Waals surface area (Å²) < 4.78 is 0. The Kier molecular flexibility index (Phi) is 127. The van der Waals surface area contributed by atoms with Crippen molar-refractivity contribution in [3.8, 4) is 66.8 Å². The molecule has 1 spiro atoms. The van der Waals surface area contributed by atoms with Crippen molar-refractivity contribution in [2.24, 2.45) is 0 Å². The van der Waals surface area contributed by atoms with Gasteiger partial charge in [-0.05, 0) is 99.3 Å². The maximum atomic E-state index is 3.29. The van der Waals surface area contributed by atoms with Crippen molar-refractivity contribution >= 4 is 21.5 Å². The Morgan fingerprint density at radius 3 is 0.903 bits per heavy atom. The van der Waals surface area contributed by atoms with E-state index in [0.717, 1.165) is 50.1 Å². The molecule has 756 valence electrons. The minimum Gasteiger partial charge on any atom is -0.226 e. The Balaban J connectivity index is -0.000000136. The molecule has 17 aromatic rings. The molecule has 0 N–H and O–H groups in total. The van der Waals surface area contributed by atoms with Gasteiger partial charge in [0.05, 0.1) is 5.41 Å². The van der Waals surface area contributed by atoms with Crippen LogP contribution in [0.1, 0.15) is 274 Å². The van der Waals surface area contributed by atoms with E-state index >= 15 is 0 Å². The maximum Gasteiger partial charge on any atom is 0.0725 e. The molecule has 0 unspecified atom stereocenters. The fourth-order valence-corrected chi connectivity index (χ4v) is 13.6. The summed E-state index contributed by atoms with van der Waals surface area (Å²) in [6, 6.07) is 156. The van der Waals surface area contributed by atoms with Gasteiger partial charge in [0, 0.05) is 262 Å². The summed E-state index contributed by atoms with van der Waals surface area (Å²) in [5, 5.41) is 5.33. The molecule has 0 amide bonds. The molecule has 2 aliphatic rings. The summed E-state index contributed by atoms with van der Waals surface area (Å²) in [5.74, 6) is 0. The van der Waals surface area contributed by atoms with Crippen LogP contribution < -0.4 is 0 Å². The number of hydrogen-bond acceptors (Lipinski definition) is 0. The molecule has 145 heavy (non-hydrogen) atoms. The summed E-state index contributed by atoms with van der Waals surface area (Å²) in [7, 11) is 0. The smallest absolute Gasteiger partial charge is 0.0725 e. The Hall–Kier alpha value is -3.91. The number of aryl methyl sites for hydroxylation is 8. The second kappa shape index (κ2) is 111. The topological polar surface area (TPSA) is 0 Å². The first kappa shape index (κ1) is 166. The van der Waals surface area contributed by atoms with Crippen molar-refractivity contribution < 1.29 is 262 Å². The molecule has 0 heterocycles. The van der Waals surface area contributed by atoms with Crippen molar-refractivity contribution in [2.75, 3.05) is 0 Å². The van der Waals surface area contributed by atoms with Crippen LogP contribution in [0.25, 0.3) is 88.3 Å². The van der Waals surface area contributed by atoms with E-state index in [4.69, 9.17) is 0 Å². The Bertz CT molecular complexity index is 5530. The molecule has 0 saturated heterocycles. The van der Waals surface area contributed by atoms with Gasteiger partial charge in [-0.1, -0.05) is 458 Å². The van der Waals surface area contributed by atoms with Crippen LogP contribution in [0.15, 0.2) is 376 Å². The molecule has 17 aromatic carbocycles. The monoisotopic (exact) mass is 2530 g/mol. The molecule has 2 aliphatic carbocycles. The zero-order valence-corrected chi connectivity index (χ0v) is 120. The van der Waals surface area contributed by atoms with Crippen LogP contribution in [0.2, 0.25) is 0 Å². The molecular weight excluding hydrogens is 2360 g/mol. The molecule has 0 fully saturated rings. The van der Waals surface area contributed by atoms with E-state index < -0.39 is 0 Å². The molecular formula is C137H176Y8-8. The van der Waals surface area contributed by atoms with E-state index in [1.54, 1.807) is 0 Å². The fraction of sp³-hybridized carbons (Fsp3) is 0.285. The van der Waals surface area contributed by atoms with Crippen LogP contribution >= 0.6 is 0 Å². The van der Waals surface area contributed by atoms with Crippen LogP contribution in [-0.4, -0.2) is 0 Å². The van der Waals surface area contributed by atoms with Crippen molar-refractivity contribution in [3.05, 3.63) is 491 Å². The number of rotatable bonds is 4. The minimum atomic E-state index is -0.189. The van der Waals surface area contributed by atoms with Gasteiger partial charge in [0.25, 0.3) is 0 Å². The van der Waals surface area contributed by atoms with E-state index in [2.05, 4.69) is 321 Å². The van der Waals surface area contributed by atoms with Crippen LogP contribution in [0, 0.1) is 104 Å². The number of benzene rings is 17. The molecule has 0 aromatic heterocycles. The predicted molar refractivity (Wildman–Crippen MR) is 623 cm³/mol. The van der Waals surface area contributed by atoms with Gasteiger partial charge in [-0.15, -0.1) is 59.2 Å². The molecule has 0 aliphatic heterocycles. The average molecular weight is 2530 g/mol. The van der Waals surface area contributed by atoms with Crippen LogP contribution in [0.4, 0.5) is 0 Å². The third-order valence-corrected chi connectivity index (χ3v) is 18.9. The molecule has 8 heteroatoms. The first-order valence-electron chi connectivity index (χ1n) is 51.5. The van der Waals surface area contributed by atoms with E-state index in [-0.39, 0.29) is 267 Å². The SMILES string of the molecule is CC.CC.CC.CC.CC.CC.CC.CC.CC.CC.CC.CC.CC.CC.CC.Cc1[c-]c(-c2[c-]cccc2)ccc1.Cc1c[c-]c(-c2[c-]cccc2)cc1.Cc1cc[c-]c(-c2[c-]cccc2)c1.Cc1ccc2c(c1)C1(c3ccccc3-c3ccccc31)c1ccccc1-2.Cc1ccc2ccccc2c1.Cc1ccc[c-]c1-c1[c-]cccc1.Cc1cccc2ccccc12.Cc1ccccc1.[Y].[Y].[Y].[Y].[Y].[Y].[Y].[Y]. The van der Waals surface area contributed by atoms with Crippen molar-refractivity contribution in [1.29, 1.82) is 0 Å². The van der Waals surface area contributed by atoms with Crippen LogP contribution in [0.3, 0.4) is 0 Å². The van der Waals surface area contributed by atoms with Crippen molar-refractivity contribution in [2.45, 2.75) is 269 Å². The Morgan fingerprint density at radius 2 is 0.497 bits per heavy atom. The van der Waals surface area contributed by atoms with E-state index in [1.807, 2.05) is 366 Å². The summed E-state index contributed by atoms with van der Waals surface area (Å²) in [5.41, 5.74) is 30.1. The van der Waals surface area contributed by atoms with Gasteiger partial charge in [0.15, 0.2) is 0 Å². The number of hydrogen-bond donors (Lipinski definition) is 0. The second-order valence-electron chi connectivity index (χ2n) is 26.9. The summed E-state index contributed by atoms with van der Waals surface area (Å²) >= 11 is 0. The molecule has 0 bridgehead atoms. The largest absolute Gasteiger partial charge is 0.226 e. The molecule has 19 rings (SSSR count). The fourth-order valence-electron chi connectivity index (χ4n) is 13.6. The van der Waals surface area contributed by atoms with Gasteiger partial charge >= 0.3 is 0 Å². The van der Waals surface area contributed by atoms with E-state index in [0.29, 0.717) is 0 Å². The first-order valence-corrected chi connectivity index (χ1v) is 51.5. The Morgan fingerprint density at radius 1 is 0.172 bits per heavy atom. The van der Waals surface area contributed by atoms with Gasteiger partial charge in [-0.2, -0.15) is 181 Å². The van der Waals surface area contributed by atoms with Gasteiger partial charge in [0.1, 0.15) is 0 Å². The zero-order valence-electron chi connectivity index (χ0n) is 96.9. The first-order chi connectivity index (χ1) is 67.4. The third kappa shape index (κ3) is 59.4. The molecule has 0 atom stereocenters. The second-order valence-corrected chi connectivity index (χ2v) is 26.9. The average Bonchev–Trinajstić information content (AvgIpc) is 1.51. The van der Waals surface area contributed by atoms with Gasteiger partial charge in [0.2, 0.25) is 0 Å². The Labute approximate surface area is 1090 Å². The number of fused-ring (bicyclic) bond motifs is 12. The molecule has 0 nitrogen and oxygen atoms in total. The van der Waals surface area contributed by atoms with Crippen molar-refractivity contribution in [3.63, 3.8) is 0 Å². The minimum absolute atomic E-state index is 0. The van der Waals surface area contributed by atoms with Crippen LogP contribution in [0.5, 0.6) is 0 Å². The maximum absolute atomic E-state index is 3.29.